The van der Waals surface area contributed by atoms with Gasteiger partial charge in [0.15, 0.2) is 0 Å². The largest absolute Gasteiger partial charge is 0.346 e. The van der Waals surface area contributed by atoms with E-state index in [1.54, 1.807) is 0 Å². The van der Waals surface area contributed by atoms with Gasteiger partial charge in [-0.05, 0) is 34.7 Å². The molecule has 0 aliphatic carbocycles. The zero-order chi connectivity index (χ0) is 9.52. The summed E-state index contributed by atoms with van der Waals surface area (Å²) in [5, 5.41) is 0. The first-order valence-corrected chi connectivity index (χ1v) is 4.38. The van der Waals surface area contributed by atoms with Gasteiger partial charge in [-0.25, -0.2) is 0 Å². The van der Waals surface area contributed by atoms with E-state index in [2.05, 4.69) is 56.6 Å². The predicted molar refractivity (Wildman–Crippen MR) is 52.2 cm³/mol. The Balaban J connectivity index is 3.00. The second-order valence-electron chi connectivity index (χ2n) is 3.97. The Hall–Kier alpha value is -0.570. The van der Waals surface area contributed by atoms with Crippen LogP contribution < -0.4 is 0 Å². The standard InChI is InChI=1S/C9H19N3/c1-7-10-8(2)12(6)9(3,4)11(7)5/h7H,1-6H3. The van der Waals surface area contributed by atoms with Gasteiger partial charge in [0.25, 0.3) is 0 Å². The van der Waals surface area contributed by atoms with Gasteiger partial charge in [0, 0.05) is 7.05 Å². The molecule has 1 aliphatic rings. The van der Waals surface area contributed by atoms with E-state index in [1.807, 2.05) is 0 Å². The van der Waals surface area contributed by atoms with Gasteiger partial charge in [-0.2, -0.15) is 0 Å². The summed E-state index contributed by atoms with van der Waals surface area (Å²) in [6.45, 7) is 8.60. The van der Waals surface area contributed by atoms with Crippen molar-refractivity contribution in [1.29, 1.82) is 0 Å². The molecule has 0 N–H and O–H groups in total. The molecule has 1 aliphatic heterocycles. The molecule has 0 spiro atoms. The van der Waals surface area contributed by atoms with Crippen LogP contribution in [0.3, 0.4) is 0 Å². The zero-order valence-electron chi connectivity index (χ0n) is 8.92. The van der Waals surface area contributed by atoms with Crippen LogP contribution in [0.1, 0.15) is 27.7 Å². The Morgan fingerprint density at radius 1 is 1.33 bits per heavy atom. The fourth-order valence-electron chi connectivity index (χ4n) is 1.53. The fourth-order valence-corrected chi connectivity index (χ4v) is 1.53. The molecule has 70 valence electrons. The number of rotatable bonds is 0. The number of nitrogens with zero attached hydrogens (tertiary/aromatic N) is 3. The van der Waals surface area contributed by atoms with E-state index >= 15 is 0 Å². The van der Waals surface area contributed by atoms with E-state index in [0.717, 1.165) is 5.84 Å². The summed E-state index contributed by atoms with van der Waals surface area (Å²) in [5.74, 6) is 1.12. The SMILES string of the molecule is CC1=NC(C)N(C)C(C)(C)N1C. The third-order valence-electron chi connectivity index (χ3n) is 3.10. The lowest BCUT2D eigenvalue weighted by molar-refractivity contribution is 0.00537. The molecule has 0 radical (unpaired) electrons. The lowest BCUT2D eigenvalue weighted by Crippen LogP contribution is -2.61. The van der Waals surface area contributed by atoms with Gasteiger partial charge in [0.2, 0.25) is 0 Å². The summed E-state index contributed by atoms with van der Waals surface area (Å²) in [6, 6.07) is 0. The Bertz CT molecular complexity index is 208. The van der Waals surface area contributed by atoms with Gasteiger partial charge in [0.05, 0.1) is 11.5 Å². The van der Waals surface area contributed by atoms with Crippen LogP contribution in [0.4, 0.5) is 0 Å². The van der Waals surface area contributed by atoms with Crippen LogP contribution in [-0.4, -0.2) is 41.6 Å². The summed E-state index contributed by atoms with van der Waals surface area (Å²) >= 11 is 0. The van der Waals surface area contributed by atoms with Gasteiger partial charge in [-0.1, -0.05) is 0 Å². The van der Waals surface area contributed by atoms with Gasteiger partial charge < -0.3 is 4.90 Å². The maximum absolute atomic E-state index is 4.51. The van der Waals surface area contributed by atoms with Gasteiger partial charge in [-0.3, -0.25) is 9.89 Å². The highest BCUT2D eigenvalue weighted by molar-refractivity contribution is 5.80. The normalized spacial score (nSPS) is 30.3. The Labute approximate surface area is 75.1 Å². The Kier molecular flexibility index (Phi) is 2.17. The minimum atomic E-state index is 0.0747. The molecule has 0 bridgehead atoms. The first-order chi connectivity index (χ1) is 5.37. The molecule has 0 aromatic carbocycles. The summed E-state index contributed by atoms with van der Waals surface area (Å²) in [6.07, 6.45) is 0.288. The number of aliphatic imine (C=N–C) groups is 1. The number of amidine groups is 1. The van der Waals surface area contributed by atoms with Gasteiger partial charge >= 0.3 is 0 Å². The molecule has 1 unspecified atom stereocenters. The quantitative estimate of drug-likeness (QED) is 0.545. The lowest BCUT2D eigenvalue weighted by atomic mass is 10.1. The molecule has 12 heavy (non-hydrogen) atoms. The number of hydrogen-bond donors (Lipinski definition) is 0. The third kappa shape index (κ3) is 1.22. The average molecular weight is 169 g/mol. The highest BCUT2D eigenvalue weighted by Gasteiger charge is 2.35. The van der Waals surface area contributed by atoms with Crippen molar-refractivity contribution in [3.63, 3.8) is 0 Å². The van der Waals surface area contributed by atoms with Crippen molar-refractivity contribution in [1.82, 2.24) is 9.80 Å². The van der Waals surface area contributed by atoms with Crippen molar-refractivity contribution in [2.75, 3.05) is 14.1 Å². The average Bonchev–Trinajstić information content (AvgIpc) is 1.99. The van der Waals surface area contributed by atoms with E-state index in [1.165, 1.54) is 0 Å². The molecule has 0 amide bonds. The second kappa shape index (κ2) is 2.73. The maximum Gasteiger partial charge on any atom is 0.103 e. The van der Waals surface area contributed by atoms with Crippen molar-refractivity contribution in [3.8, 4) is 0 Å². The minimum absolute atomic E-state index is 0.0747. The van der Waals surface area contributed by atoms with Crippen LogP contribution in [-0.2, 0) is 0 Å². The molecular weight excluding hydrogens is 150 g/mol. The van der Waals surface area contributed by atoms with Crippen LogP contribution in [0.5, 0.6) is 0 Å². The smallest absolute Gasteiger partial charge is 0.103 e. The van der Waals surface area contributed by atoms with Crippen LogP contribution in [0, 0.1) is 0 Å². The predicted octanol–water partition coefficient (Wildman–Crippen LogP) is 1.36. The van der Waals surface area contributed by atoms with Gasteiger partial charge in [-0.15, -0.1) is 0 Å². The molecule has 1 heterocycles. The molecular formula is C9H19N3. The van der Waals surface area contributed by atoms with Crippen molar-refractivity contribution in [2.24, 2.45) is 4.99 Å². The van der Waals surface area contributed by atoms with E-state index < -0.39 is 0 Å². The summed E-state index contributed by atoms with van der Waals surface area (Å²) in [7, 11) is 4.19. The first-order valence-electron chi connectivity index (χ1n) is 4.38. The van der Waals surface area contributed by atoms with Crippen LogP contribution in [0.15, 0.2) is 4.99 Å². The summed E-state index contributed by atoms with van der Waals surface area (Å²) < 4.78 is 0. The van der Waals surface area contributed by atoms with Crippen molar-refractivity contribution in [3.05, 3.63) is 0 Å². The van der Waals surface area contributed by atoms with Crippen LogP contribution in [0.2, 0.25) is 0 Å². The Morgan fingerprint density at radius 2 is 1.83 bits per heavy atom. The molecule has 0 saturated carbocycles. The van der Waals surface area contributed by atoms with Crippen molar-refractivity contribution >= 4 is 5.84 Å². The molecule has 1 rings (SSSR count). The van der Waals surface area contributed by atoms with E-state index in [9.17, 15) is 0 Å². The third-order valence-corrected chi connectivity index (χ3v) is 3.10. The van der Waals surface area contributed by atoms with E-state index in [4.69, 9.17) is 0 Å². The monoisotopic (exact) mass is 169 g/mol. The minimum Gasteiger partial charge on any atom is -0.346 e. The molecule has 0 saturated heterocycles. The van der Waals surface area contributed by atoms with Crippen LogP contribution in [0.25, 0.3) is 0 Å². The first kappa shape index (κ1) is 9.52. The summed E-state index contributed by atoms with van der Waals surface area (Å²) in [5.41, 5.74) is 0.0747. The lowest BCUT2D eigenvalue weighted by Gasteiger charge is -2.49. The molecule has 0 fully saturated rings. The fraction of sp³-hybridized carbons (Fsp3) is 0.889. The Morgan fingerprint density at radius 3 is 2.33 bits per heavy atom. The molecule has 1 atom stereocenters. The molecule has 0 aromatic rings. The molecule has 3 heteroatoms. The van der Waals surface area contributed by atoms with E-state index in [-0.39, 0.29) is 11.8 Å². The number of hydrogen-bond acceptors (Lipinski definition) is 3. The second-order valence-corrected chi connectivity index (χ2v) is 3.97. The van der Waals surface area contributed by atoms with Crippen molar-refractivity contribution in [2.45, 2.75) is 39.5 Å². The van der Waals surface area contributed by atoms with Crippen LogP contribution >= 0.6 is 0 Å². The molecule has 3 nitrogen and oxygen atoms in total. The molecule has 0 aromatic heterocycles. The zero-order valence-corrected chi connectivity index (χ0v) is 8.92. The highest BCUT2D eigenvalue weighted by atomic mass is 15.5. The maximum atomic E-state index is 4.51. The topological polar surface area (TPSA) is 18.8 Å². The van der Waals surface area contributed by atoms with Gasteiger partial charge in [0.1, 0.15) is 6.17 Å². The van der Waals surface area contributed by atoms with E-state index in [0.29, 0.717) is 0 Å². The highest BCUT2D eigenvalue weighted by Crippen LogP contribution is 2.24. The van der Waals surface area contributed by atoms with Crippen molar-refractivity contribution < 1.29 is 0 Å². The summed E-state index contributed by atoms with van der Waals surface area (Å²) in [4.78, 5) is 8.97.